The summed E-state index contributed by atoms with van der Waals surface area (Å²) in [5, 5.41) is 8.67. The van der Waals surface area contributed by atoms with Gasteiger partial charge < -0.3 is 5.32 Å². The van der Waals surface area contributed by atoms with Gasteiger partial charge in [-0.15, -0.1) is 0 Å². The summed E-state index contributed by atoms with van der Waals surface area (Å²) in [6.45, 7) is 9.94. The summed E-state index contributed by atoms with van der Waals surface area (Å²) in [5.74, 6) is 0. The van der Waals surface area contributed by atoms with Crippen LogP contribution in [0.5, 0.6) is 0 Å². The molecule has 2 heterocycles. The zero-order valence-electron chi connectivity index (χ0n) is 13.1. The number of halogens is 1. The van der Waals surface area contributed by atoms with Crippen molar-refractivity contribution in [2.75, 3.05) is 20.1 Å². The van der Waals surface area contributed by atoms with E-state index in [2.05, 4.69) is 36.1 Å². The molecule has 1 saturated heterocycles. The van der Waals surface area contributed by atoms with Gasteiger partial charge in [0.2, 0.25) is 0 Å². The number of rotatable bonds is 6. The van der Waals surface area contributed by atoms with Gasteiger partial charge in [-0.1, -0.05) is 18.5 Å². The van der Waals surface area contributed by atoms with Crippen LogP contribution in [0.15, 0.2) is 6.20 Å². The highest BCUT2D eigenvalue weighted by molar-refractivity contribution is 6.31. The van der Waals surface area contributed by atoms with Crippen molar-refractivity contribution in [3.63, 3.8) is 0 Å². The highest BCUT2D eigenvalue weighted by atomic mass is 35.5. The van der Waals surface area contributed by atoms with Gasteiger partial charge in [0.25, 0.3) is 0 Å². The van der Waals surface area contributed by atoms with Crippen molar-refractivity contribution in [2.24, 2.45) is 0 Å². The molecule has 2 unspecified atom stereocenters. The van der Waals surface area contributed by atoms with Gasteiger partial charge in [-0.25, -0.2) is 0 Å². The van der Waals surface area contributed by atoms with Crippen LogP contribution in [0.2, 0.25) is 5.02 Å². The number of likely N-dealkylation sites (N-methyl/N-ethyl adjacent to an activating group) is 1. The van der Waals surface area contributed by atoms with Crippen LogP contribution in [0.1, 0.15) is 51.8 Å². The Morgan fingerprint density at radius 3 is 2.55 bits per heavy atom. The van der Waals surface area contributed by atoms with Crippen LogP contribution >= 0.6 is 11.6 Å². The summed E-state index contributed by atoms with van der Waals surface area (Å²) in [5.41, 5.74) is 1.19. The second-order valence-electron chi connectivity index (χ2n) is 5.82. The molecule has 2 rings (SSSR count). The third-order valence-electron chi connectivity index (χ3n) is 4.86. The first-order valence-electron chi connectivity index (χ1n) is 7.72. The molecule has 0 spiro atoms. The minimum Gasteiger partial charge on any atom is -0.310 e. The number of nitrogens with one attached hydrogen (secondary N) is 1. The van der Waals surface area contributed by atoms with Gasteiger partial charge >= 0.3 is 0 Å². The van der Waals surface area contributed by atoms with E-state index in [0.717, 1.165) is 23.7 Å². The number of aryl methyl sites for hydroxylation is 1. The molecule has 0 aliphatic carbocycles. The molecule has 1 aromatic rings. The summed E-state index contributed by atoms with van der Waals surface area (Å²) in [4.78, 5) is 2.61. The van der Waals surface area contributed by atoms with Crippen molar-refractivity contribution in [3.8, 4) is 0 Å². The monoisotopic (exact) mass is 298 g/mol. The molecule has 0 amide bonds. The van der Waals surface area contributed by atoms with E-state index < -0.39 is 0 Å². The van der Waals surface area contributed by atoms with E-state index >= 15 is 0 Å². The predicted octanol–water partition coefficient (Wildman–Crippen LogP) is 3.08. The summed E-state index contributed by atoms with van der Waals surface area (Å²) >= 11 is 6.43. The summed E-state index contributed by atoms with van der Waals surface area (Å²) in [6.07, 6.45) is 5.45. The van der Waals surface area contributed by atoms with E-state index in [0.29, 0.717) is 0 Å². The minimum atomic E-state index is 0.0713. The zero-order valence-corrected chi connectivity index (χ0v) is 13.9. The lowest BCUT2D eigenvalue weighted by Crippen LogP contribution is -2.53. The van der Waals surface area contributed by atoms with Crippen LogP contribution in [0.25, 0.3) is 0 Å². The number of hydrogen-bond donors (Lipinski definition) is 1. The maximum absolute atomic E-state index is 6.43. The van der Waals surface area contributed by atoms with Gasteiger partial charge in [0, 0.05) is 12.1 Å². The largest absolute Gasteiger partial charge is 0.310 e. The molecule has 1 aliphatic rings. The fourth-order valence-corrected chi connectivity index (χ4v) is 3.74. The number of nitrogens with zero attached hydrogens (tertiary/aromatic N) is 3. The standard InChI is InChI=1S/C15H27ClN4/c1-5-15(3,19-9-7-8-10-19)14(17-4)13-12(16)11-18-20(13)6-2/h11,14,17H,5-10H2,1-4H3. The van der Waals surface area contributed by atoms with Crippen LogP contribution in [-0.2, 0) is 6.54 Å². The van der Waals surface area contributed by atoms with E-state index in [1.165, 1.54) is 25.9 Å². The van der Waals surface area contributed by atoms with Gasteiger partial charge in [-0.2, -0.15) is 5.10 Å². The fraction of sp³-hybridized carbons (Fsp3) is 0.800. The lowest BCUT2D eigenvalue weighted by atomic mass is 9.85. The average Bonchev–Trinajstić information content (AvgIpc) is 3.10. The van der Waals surface area contributed by atoms with Gasteiger partial charge in [-0.3, -0.25) is 9.58 Å². The zero-order chi connectivity index (χ0) is 14.8. The quantitative estimate of drug-likeness (QED) is 0.876. The topological polar surface area (TPSA) is 33.1 Å². The average molecular weight is 299 g/mol. The molecule has 0 saturated carbocycles. The third kappa shape index (κ3) is 2.61. The van der Waals surface area contributed by atoms with Crippen LogP contribution in [0.4, 0.5) is 0 Å². The molecular weight excluding hydrogens is 272 g/mol. The van der Waals surface area contributed by atoms with Gasteiger partial charge in [0.15, 0.2) is 0 Å². The van der Waals surface area contributed by atoms with Gasteiger partial charge in [0.1, 0.15) is 0 Å². The smallest absolute Gasteiger partial charge is 0.0834 e. The second kappa shape index (κ2) is 6.46. The van der Waals surface area contributed by atoms with Crippen molar-refractivity contribution in [2.45, 2.75) is 58.2 Å². The Balaban J connectivity index is 2.40. The molecule has 1 fully saturated rings. The molecule has 0 aromatic carbocycles. The normalized spacial score (nSPS) is 21.1. The summed E-state index contributed by atoms with van der Waals surface area (Å²) < 4.78 is 2.02. The Bertz CT molecular complexity index is 439. The molecule has 4 nitrogen and oxygen atoms in total. The first kappa shape index (κ1) is 15.8. The van der Waals surface area contributed by atoms with Crippen molar-refractivity contribution in [1.82, 2.24) is 20.0 Å². The lowest BCUT2D eigenvalue weighted by molar-refractivity contribution is 0.0836. The van der Waals surface area contributed by atoms with E-state index in [-0.39, 0.29) is 11.6 Å². The second-order valence-corrected chi connectivity index (χ2v) is 6.23. The van der Waals surface area contributed by atoms with Crippen LogP contribution in [0, 0.1) is 0 Å². The highest BCUT2D eigenvalue weighted by Gasteiger charge is 2.41. The van der Waals surface area contributed by atoms with E-state index in [1.807, 2.05) is 11.7 Å². The maximum atomic E-state index is 6.43. The molecule has 1 aliphatic heterocycles. The first-order valence-corrected chi connectivity index (χ1v) is 8.09. The highest BCUT2D eigenvalue weighted by Crippen LogP contribution is 2.38. The Kier molecular flexibility index (Phi) is 5.10. The van der Waals surface area contributed by atoms with E-state index in [1.54, 1.807) is 6.20 Å². The van der Waals surface area contributed by atoms with Crippen LogP contribution in [-0.4, -0.2) is 40.4 Å². The fourth-order valence-electron chi connectivity index (χ4n) is 3.49. The molecule has 1 N–H and O–H groups in total. The van der Waals surface area contributed by atoms with Crippen molar-refractivity contribution in [1.29, 1.82) is 0 Å². The molecule has 5 heteroatoms. The van der Waals surface area contributed by atoms with Crippen molar-refractivity contribution in [3.05, 3.63) is 16.9 Å². The Morgan fingerprint density at radius 2 is 2.05 bits per heavy atom. The number of aromatic nitrogens is 2. The first-order chi connectivity index (χ1) is 9.58. The van der Waals surface area contributed by atoms with E-state index in [9.17, 15) is 0 Å². The van der Waals surface area contributed by atoms with Gasteiger partial charge in [0.05, 0.1) is 23.0 Å². The minimum absolute atomic E-state index is 0.0713. The third-order valence-corrected chi connectivity index (χ3v) is 5.15. The van der Waals surface area contributed by atoms with Gasteiger partial charge in [-0.05, 0) is 53.2 Å². The molecular formula is C15H27ClN4. The Morgan fingerprint density at radius 1 is 1.40 bits per heavy atom. The number of hydrogen-bond acceptors (Lipinski definition) is 3. The summed E-state index contributed by atoms with van der Waals surface area (Å²) in [6, 6.07) is 0.195. The van der Waals surface area contributed by atoms with Crippen LogP contribution < -0.4 is 5.32 Å². The molecule has 2 atom stereocenters. The summed E-state index contributed by atoms with van der Waals surface area (Å²) in [7, 11) is 2.03. The molecule has 1 aromatic heterocycles. The van der Waals surface area contributed by atoms with Crippen LogP contribution in [0.3, 0.4) is 0 Å². The molecule has 20 heavy (non-hydrogen) atoms. The molecule has 114 valence electrons. The van der Waals surface area contributed by atoms with Crippen molar-refractivity contribution >= 4 is 11.6 Å². The lowest BCUT2D eigenvalue weighted by Gasteiger charge is -2.44. The Hall–Kier alpha value is -0.580. The Labute approximate surface area is 127 Å². The van der Waals surface area contributed by atoms with Crippen molar-refractivity contribution < 1.29 is 0 Å². The maximum Gasteiger partial charge on any atom is 0.0834 e. The number of likely N-dealkylation sites (tertiary alicyclic amines) is 1. The predicted molar refractivity (Wildman–Crippen MR) is 84.2 cm³/mol. The van der Waals surface area contributed by atoms with E-state index in [4.69, 9.17) is 11.6 Å². The molecule has 0 bridgehead atoms. The SMILES string of the molecule is CCn1ncc(Cl)c1C(NC)C(C)(CC)N1CCCC1. The molecule has 0 radical (unpaired) electrons.